The summed E-state index contributed by atoms with van der Waals surface area (Å²) in [6.07, 6.45) is -5.24. The minimum Gasteiger partial charge on any atom is -0.371 e. The van der Waals surface area contributed by atoms with Crippen LogP contribution in [0.4, 0.5) is 13.2 Å². The van der Waals surface area contributed by atoms with Crippen molar-refractivity contribution in [1.82, 2.24) is 10.2 Å². The number of nitrogens with one attached hydrogen (secondary N) is 1. The summed E-state index contributed by atoms with van der Waals surface area (Å²) in [6, 6.07) is 0. The Morgan fingerprint density at radius 2 is 1.94 bits per heavy atom. The Hall–Kier alpha value is -0.820. The second-order valence-electron chi connectivity index (χ2n) is 3.55. The van der Waals surface area contributed by atoms with Crippen molar-refractivity contribution in [3.63, 3.8) is 0 Å². The van der Waals surface area contributed by atoms with Gasteiger partial charge in [0.15, 0.2) is 0 Å². The quantitative estimate of drug-likeness (QED) is 0.723. The van der Waals surface area contributed by atoms with Crippen LogP contribution in [0, 0.1) is 0 Å². The van der Waals surface area contributed by atoms with E-state index >= 15 is 0 Å². The average molecular weight is 240 g/mol. The van der Waals surface area contributed by atoms with Crippen LogP contribution in [0.5, 0.6) is 0 Å². The molecular formula is C9H15F3N2O2. The summed E-state index contributed by atoms with van der Waals surface area (Å²) in [4.78, 5) is 13.0. The number of nitrogens with zero attached hydrogens (tertiary/aromatic N) is 1. The van der Waals surface area contributed by atoms with Crippen molar-refractivity contribution < 1.29 is 22.7 Å². The number of halogens is 3. The van der Waals surface area contributed by atoms with Crippen molar-refractivity contribution in [2.45, 2.75) is 12.6 Å². The lowest BCUT2D eigenvalue weighted by atomic mass is 10.3. The SMILES string of the molecule is O=C(COCCC(F)(F)F)N1CCNCC1. The van der Waals surface area contributed by atoms with Gasteiger partial charge in [-0.2, -0.15) is 13.2 Å². The minimum absolute atomic E-state index is 0.247. The Labute approximate surface area is 91.7 Å². The summed E-state index contributed by atoms with van der Waals surface area (Å²) in [5.41, 5.74) is 0. The molecule has 0 aromatic carbocycles. The van der Waals surface area contributed by atoms with E-state index in [1.807, 2.05) is 0 Å². The summed E-state index contributed by atoms with van der Waals surface area (Å²) in [7, 11) is 0. The lowest BCUT2D eigenvalue weighted by Gasteiger charge is -2.27. The van der Waals surface area contributed by atoms with Crippen molar-refractivity contribution in [2.75, 3.05) is 39.4 Å². The fourth-order valence-corrected chi connectivity index (χ4v) is 1.35. The molecule has 4 nitrogen and oxygen atoms in total. The van der Waals surface area contributed by atoms with Crippen LogP contribution in [0.25, 0.3) is 0 Å². The van der Waals surface area contributed by atoms with Gasteiger partial charge >= 0.3 is 6.18 Å². The van der Waals surface area contributed by atoms with Gasteiger partial charge in [-0.25, -0.2) is 0 Å². The third-order valence-corrected chi connectivity index (χ3v) is 2.23. The Kier molecular flexibility index (Phi) is 5.01. The van der Waals surface area contributed by atoms with Crippen LogP contribution in [0.2, 0.25) is 0 Å². The molecule has 1 aliphatic rings. The molecule has 16 heavy (non-hydrogen) atoms. The van der Waals surface area contributed by atoms with Crippen molar-refractivity contribution in [2.24, 2.45) is 0 Å². The van der Waals surface area contributed by atoms with Crippen LogP contribution >= 0.6 is 0 Å². The second-order valence-corrected chi connectivity index (χ2v) is 3.55. The van der Waals surface area contributed by atoms with Crippen LogP contribution in [-0.2, 0) is 9.53 Å². The standard InChI is InChI=1S/C9H15F3N2O2/c10-9(11,12)1-6-16-7-8(15)14-4-2-13-3-5-14/h13H,1-7H2. The molecule has 0 aromatic rings. The molecule has 1 aliphatic heterocycles. The highest BCUT2D eigenvalue weighted by atomic mass is 19.4. The molecule has 1 N–H and O–H groups in total. The summed E-state index contributed by atoms with van der Waals surface area (Å²) in [5, 5.41) is 3.07. The maximum atomic E-state index is 11.8. The predicted molar refractivity (Wildman–Crippen MR) is 50.9 cm³/mol. The summed E-state index contributed by atoms with van der Waals surface area (Å²) < 4.78 is 39.9. The van der Waals surface area contributed by atoms with Gasteiger partial charge in [-0.3, -0.25) is 4.79 Å². The summed E-state index contributed by atoms with van der Waals surface area (Å²) in [5.74, 6) is -0.247. The Morgan fingerprint density at radius 1 is 1.31 bits per heavy atom. The van der Waals surface area contributed by atoms with Gasteiger partial charge < -0.3 is 15.0 Å². The van der Waals surface area contributed by atoms with E-state index in [0.717, 1.165) is 0 Å². The number of alkyl halides is 3. The van der Waals surface area contributed by atoms with E-state index in [-0.39, 0.29) is 12.5 Å². The first-order valence-electron chi connectivity index (χ1n) is 5.12. The van der Waals surface area contributed by atoms with E-state index < -0.39 is 19.2 Å². The van der Waals surface area contributed by atoms with E-state index in [1.165, 1.54) is 0 Å². The van der Waals surface area contributed by atoms with Gasteiger partial charge in [0.05, 0.1) is 13.0 Å². The monoisotopic (exact) mass is 240 g/mol. The van der Waals surface area contributed by atoms with Crippen LogP contribution in [0.1, 0.15) is 6.42 Å². The third kappa shape index (κ3) is 5.32. The van der Waals surface area contributed by atoms with Gasteiger partial charge in [-0.1, -0.05) is 0 Å². The topological polar surface area (TPSA) is 41.6 Å². The van der Waals surface area contributed by atoms with E-state index in [2.05, 4.69) is 5.32 Å². The van der Waals surface area contributed by atoms with Crippen LogP contribution in [0.15, 0.2) is 0 Å². The van der Waals surface area contributed by atoms with Gasteiger partial charge in [-0.05, 0) is 0 Å². The smallest absolute Gasteiger partial charge is 0.371 e. The molecule has 0 spiro atoms. The fourth-order valence-electron chi connectivity index (χ4n) is 1.35. The highest BCUT2D eigenvalue weighted by Crippen LogP contribution is 2.18. The molecule has 0 bridgehead atoms. The molecule has 1 heterocycles. The molecule has 0 saturated carbocycles. The highest BCUT2D eigenvalue weighted by Gasteiger charge is 2.26. The van der Waals surface area contributed by atoms with Crippen molar-refractivity contribution >= 4 is 5.91 Å². The number of amides is 1. The van der Waals surface area contributed by atoms with Gasteiger partial charge in [0.2, 0.25) is 5.91 Å². The van der Waals surface area contributed by atoms with Crippen LogP contribution in [0.3, 0.4) is 0 Å². The number of carbonyl (C=O) groups is 1. The van der Waals surface area contributed by atoms with Gasteiger partial charge in [0.1, 0.15) is 6.61 Å². The average Bonchev–Trinajstić information content (AvgIpc) is 2.24. The van der Waals surface area contributed by atoms with E-state index in [9.17, 15) is 18.0 Å². The van der Waals surface area contributed by atoms with Gasteiger partial charge in [-0.15, -0.1) is 0 Å². The second kappa shape index (κ2) is 6.05. The van der Waals surface area contributed by atoms with Crippen molar-refractivity contribution in [3.05, 3.63) is 0 Å². The number of rotatable bonds is 4. The first-order valence-corrected chi connectivity index (χ1v) is 5.12. The zero-order valence-electron chi connectivity index (χ0n) is 8.85. The molecule has 0 aliphatic carbocycles. The molecule has 94 valence electrons. The molecule has 0 atom stereocenters. The van der Waals surface area contributed by atoms with Crippen LogP contribution in [-0.4, -0.2) is 56.4 Å². The molecule has 1 rings (SSSR count). The zero-order chi connectivity index (χ0) is 12.0. The minimum atomic E-state index is -4.22. The molecular weight excluding hydrogens is 225 g/mol. The van der Waals surface area contributed by atoms with Gasteiger partial charge in [0.25, 0.3) is 0 Å². The predicted octanol–water partition coefficient (Wildman–Crippen LogP) is 0.387. The Morgan fingerprint density at radius 3 is 2.50 bits per heavy atom. The van der Waals surface area contributed by atoms with Crippen LogP contribution < -0.4 is 5.32 Å². The number of carbonyl (C=O) groups excluding carboxylic acids is 1. The molecule has 0 radical (unpaired) electrons. The van der Waals surface area contributed by atoms with E-state index in [0.29, 0.717) is 26.2 Å². The lowest BCUT2D eigenvalue weighted by Crippen LogP contribution is -2.47. The van der Waals surface area contributed by atoms with E-state index in [4.69, 9.17) is 4.74 Å². The molecule has 7 heteroatoms. The maximum absolute atomic E-state index is 11.8. The summed E-state index contributed by atoms with van der Waals surface area (Å²) in [6.45, 7) is 1.88. The number of ether oxygens (including phenoxy) is 1. The maximum Gasteiger partial charge on any atom is 0.391 e. The normalized spacial score (nSPS) is 17.6. The molecule has 1 amide bonds. The Bertz CT molecular complexity index is 227. The fraction of sp³-hybridized carbons (Fsp3) is 0.889. The molecule has 0 aromatic heterocycles. The first kappa shape index (κ1) is 13.2. The third-order valence-electron chi connectivity index (χ3n) is 2.23. The molecule has 1 saturated heterocycles. The number of piperazine rings is 1. The van der Waals surface area contributed by atoms with Gasteiger partial charge in [0, 0.05) is 26.2 Å². The van der Waals surface area contributed by atoms with E-state index in [1.54, 1.807) is 4.90 Å². The largest absolute Gasteiger partial charge is 0.391 e. The summed E-state index contributed by atoms with van der Waals surface area (Å²) >= 11 is 0. The van der Waals surface area contributed by atoms with Crippen molar-refractivity contribution in [1.29, 1.82) is 0 Å². The van der Waals surface area contributed by atoms with Crippen molar-refractivity contribution in [3.8, 4) is 0 Å². The highest BCUT2D eigenvalue weighted by molar-refractivity contribution is 5.77. The molecule has 0 unspecified atom stereocenters. The lowest BCUT2D eigenvalue weighted by molar-refractivity contribution is -0.151. The molecule has 1 fully saturated rings. The number of hydrogen-bond donors (Lipinski definition) is 1. The zero-order valence-corrected chi connectivity index (χ0v) is 8.85. The first-order chi connectivity index (χ1) is 7.49. The number of hydrogen-bond acceptors (Lipinski definition) is 3. The Balaban J connectivity index is 2.10.